The number of oxime groups is 1. The monoisotopic (exact) mass is 409 g/mol. The number of aliphatic carboxylic acids is 1. The van der Waals surface area contributed by atoms with E-state index in [0.29, 0.717) is 16.2 Å². The van der Waals surface area contributed by atoms with Gasteiger partial charge in [0.25, 0.3) is 11.8 Å². The van der Waals surface area contributed by atoms with Crippen LogP contribution in [0.5, 0.6) is 0 Å². The Morgan fingerprint density at radius 3 is 2.89 bits per heavy atom. The van der Waals surface area contributed by atoms with Crippen molar-refractivity contribution in [2.75, 3.05) is 18.6 Å². The van der Waals surface area contributed by atoms with E-state index in [-0.39, 0.29) is 16.5 Å². The van der Waals surface area contributed by atoms with Gasteiger partial charge in [-0.15, -0.1) is 11.8 Å². The highest BCUT2D eigenvalue weighted by atomic mass is 32.2. The first kappa shape index (κ1) is 18.9. The maximum Gasteiger partial charge on any atom is 0.352 e. The molecule has 3 rings (SSSR count). The molecule has 3 heterocycles. The fraction of sp³-hybridized carbons (Fsp3) is 0.267. The number of allylic oxidation sites excluding steroid dienone is 1. The molecule has 4 N–H and O–H groups in total. The number of nitrogens with two attached hydrogens (primary N) is 1. The van der Waals surface area contributed by atoms with E-state index < -0.39 is 29.2 Å². The topological polar surface area (TPSA) is 147 Å². The maximum atomic E-state index is 12.6. The molecule has 2 unspecified atom stereocenters. The van der Waals surface area contributed by atoms with Crippen LogP contribution in [0, 0.1) is 0 Å². The van der Waals surface area contributed by atoms with E-state index in [0.717, 1.165) is 16.2 Å². The number of hydrogen-bond acceptors (Lipinski definition) is 9. The van der Waals surface area contributed by atoms with Crippen LogP contribution in [-0.2, 0) is 19.2 Å². The highest BCUT2D eigenvalue weighted by molar-refractivity contribution is 8.00. The number of nitrogens with one attached hydrogen (secondary N) is 1. The molecule has 1 aromatic heterocycles. The van der Waals surface area contributed by atoms with Crippen LogP contribution in [0.1, 0.15) is 4.88 Å². The molecular weight excluding hydrogens is 394 g/mol. The van der Waals surface area contributed by atoms with Crippen molar-refractivity contribution in [1.29, 1.82) is 0 Å². The van der Waals surface area contributed by atoms with Crippen LogP contribution in [-0.4, -0.2) is 62.8 Å². The van der Waals surface area contributed by atoms with Crippen molar-refractivity contribution in [2.24, 2.45) is 5.16 Å². The molecule has 0 aliphatic carbocycles. The molecule has 0 aromatic carbocycles. The van der Waals surface area contributed by atoms with Gasteiger partial charge in [-0.05, 0) is 5.57 Å². The SMILES string of the molecule is C=CC1=C(C(=O)O)N2C(=O)C(NC(=O)/C(=N/OC)c3cnc(N)s3)C2SC1. The predicted molar refractivity (Wildman–Crippen MR) is 100.0 cm³/mol. The molecule has 27 heavy (non-hydrogen) atoms. The molecule has 12 heteroatoms. The fourth-order valence-electron chi connectivity index (χ4n) is 2.70. The quantitative estimate of drug-likeness (QED) is 0.338. The Morgan fingerprint density at radius 1 is 1.59 bits per heavy atom. The van der Waals surface area contributed by atoms with Gasteiger partial charge < -0.3 is 21.0 Å². The van der Waals surface area contributed by atoms with Crippen molar-refractivity contribution in [1.82, 2.24) is 15.2 Å². The first-order valence-electron chi connectivity index (χ1n) is 7.56. The van der Waals surface area contributed by atoms with Gasteiger partial charge in [0.2, 0.25) is 0 Å². The minimum atomic E-state index is -1.21. The van der Waals surface area contributed by atoms with Gasteiger partial charge in [0.1, 0.15) is 24.2 Å². The number of carboxylic acid groups (broad SMARTS) is 1. The number of rotatable bonds is 6. The Kier molecular flexibility index (Phi) is 5.19. The summed E-state index contributed by atoms with van der Waals surface area (Å²) >= 11 is 2.39. The third-order valence-corrected chi connectivity index (χ3v) is 6.02. The Hall–Kier alpha value is -2.86. The predicted octanol–water partition coefficient (Wildman–Crippen LogP) is 0.000400. The Balaban J connectivity index is 1.80. The third-order valence-electron chi connectivity index (χ3n) is 3.89. The van der Waals surface area contributed by atoms with E-state index in [9.17, 15) is 19.5 Å². The fourth-order valence-corrected chi connectivity index (χ4v) is 4.70. The number of anilines is 1. The lowest BCUT2D eigenvalue weighted by atomic mass is 10.0. The van der Waals surface area contributed by atoms with E-state index >= 15 is 0 Å². The van der Waals surface area contributed by atoms with Gasteiger partial charge in [-0.25, -0.2) is 9.78 Å². The number of nitrogens with zero attached hydrogens (tertiary/aromatic N) is 3. The highest BCUT2D eigenvalue weighted by Gasteiger charge is 2.54. The van der Waals surface area contributed by atoms with Crippen molar-refractivity contribution in [3.05, 3.63) is 35.0 Å². The molecule has 1 saturated heterocycles. The summed E-state index contributed by atoms with van der Waals surface area (Å²) < 4.78 is 0. The van der Waals surface area contributed by atoms with Gasteiger partial charge in [0, 0.05) is 11.9 Å². The second kappa shape index (κ2) is 7.40. The Labute approximate surface area is 161 Å². The first-order valence-corrected chi connectivity index (χ1v) is 9.42. The molecule has 2 atom stereocenters. The lowest BCUT2D eigenvalue weighted by Crippen LogP contribution is -2.71. The Morgan fingerprint density at radius 2 is 2.33 bits per heavy atom. The maximum absolute atomic E-state index is 12.6. The van der Waals surface area contributed by atoms with Crippen molar-refractivity contribution in [3.8, 4) is 0 Å². The smallest absolute Gasteiger partial charge is 0.352 e. The van der Waals surface area contributed by atoms with Crippen LogP contribution in [0.3, 0.4) is 0 Å². The van der Waals surface area contributed by atoms with Crippen molar-refractivity contribution in [2.45, 2.75) is 11.4 Å². The van der Waals surface area contributed by atoms with Crippen LogP contribution in [0.2, 0.25) is 0 Å². The van der Waals surface area contributed by atoms with Gasteiger partial charge in [0.15, 0.2) is 10.8 Å². The molecule has 2 aliphatic heterocycles. The number of carboxylic acids is 1. The number of thiazole rings is 1. The van der Waals surface area contributed by atoms with Gasteiger partial charge in [-0.3, -0.25) is 14.5 Å². The van der Waals surface area contributed by atoms with Crippen LogP contribution in [0.15, 0.2) is 35.3 Å². The van der Waals surface area contributed by atoms with E-state index in [1.807, 2.05) is 0 Å². The zero-order valence-corrected chi connectivity index (χ0v) is 15.7. The summed E-state index contributed by atoms with van der Waals surface area (Å²) in [6.07, 6.45) is 2.80. The third kappa shape index (κ3) is 3.28. The summed E-state index contributed by atoms with van der Waals surface area (Å²) in [7, 11) is 1.28. The number of carbonyl (C=O) groups is 3. The normalized spacial score (nSPS) is 22.0. The number of fused-ring (bicyclic) bond motifs is 1. The number of thioether (sulfide) groups is 1. The molecule has 0 radical (unpaired) electrons. The molecule has 1 aromatic rings. The highest BCUT2D eigenvalue weighted by Crippen LogP contribution is 2.40. The van der Waals surface area contributed by atoms with Gasteiger partial charge >= 0.3 is 5.97 Å². The van der Waals surface area contributed by atoms with Crippen LogP contribution in [0.25, 0.3) is 0 Å². The van der Waals surface area contributed by atoms with Crippen LogP contribution in [0.4, 0.5) is 5.13 Å². The summed E-state index contributed by atoms with van der Waals surface area (Å²) in [6, 6.07) is -0.879. The minimum Gasteiger partial charge on any atom is -0.477 e. The molecule has 2 aliphatic rings. The van der Waals surface area contributed by atoms with Crippen molar-refractivity contribution < 1.29 is 24.3 Å². The molecule has 10 nitrogen and oxygen atoms in total. The van der Waals surface area contributed by atoms with E-state index in [1.54, 1.807) is 0 Å². The number of hydrogen-bond donors (Lipinski definition) is 3. The zero-order chi connectivity index (χ0) is 19.7. The van der Waals surface area contributed by atoms with E-state index in [4.69, 9.17) is 10.6 Å². The summed E-state index contributed by atoms with van der Waals surface area (Å²) in [6.45, 7) is 3.59. The number of β-lactam (4-membered cyclic amide) rings is 1. The summed E-state index contributed by atoms with van der Waals surface area (Å²) in [5.74, 6) is -2.00. The standard InChI is InChI=1S/C15H15N5O5S2/c1-3-6-5-26-13-9(12(22)20(13)10(6)14(23)24)18-11(21)8(19-25-2)7-4-17-15(16)27-7/h3-4,9,13H,1,5H2,2H3,(H2,16,17)(H,18,21)(H,23,24)/b19-8+. The lowest BCUT2D eigenvalue weighted by Gasteiger charge is -2.49. The zero-order valence-electron chi connectivity index (χ0n) is 14.0. The average molecular weight is 409 g/mol. The average Bonchev–Trinajstić information content (AvgIpc) is 3.08. The second-order valence-corrected chi connectivity index (χ2v) is 7.60. The molecule has 2 amide bonds. The minimum absolute atomic E-state index is 0.0699. The summed E-state index contributed by atoms with van der Waals surface area (Å²) in [5.41, 5.74) is 5.86. The van der Waals surface area contributed by atoms with Crippen molar-refractivity contribution >= 4 is 51.7 Å². The molecule has 0 bridgehead atoms. The number of aromatic nitrogens is 1. The van der Waals surface area contributed by atoms with Crippen LogP contribution < -0.4 is 11.1 Å². The van der Waals surface area contributed by atoms with E-state index in [1.165, 1.54) is 31.1 Å². The molecule has 1 fully saturated rings. The Bertz CT molecular complexity index is 893. The van der Waals surface area contributed by atoms with Crippen LogP contribution >= 0.6 is 23.1 Å². The van der Waals surface area contributed by atoms with Gasteiger partial charge in [-0.1, -0.05) is 29.1 Å². The number of amides is 2. The lowest BCUT2D eigenvalue weighted by molar-refractivity contribution is -0.150. The summed E-state index contributed by atoms with van der Waals surface area (Å²) in [5, 5.41) is 15.4. The summed E-state index contributed by atoms with van der Waals surface area (Å²) in [4.78, 5) is 46.7. The van der Waals surface area contributed by atoms with Gasteiger partial charge in [-0.2, -0.15) is 0 Å². The largest absolute Gasteiger partial charge is 0.477 e. The molecule has 0 saturated carbocycles. The number of nitrogen functional groups attached to an aromatic ring is 1. The molecular formula is C15H15N5O5S2. The number of carbonyl (C=O) groups excluding carboxylic acids is 2. The van der Waals surface area contributed by atoms with E-state index in [2.05, 4.69) is 22.0 Å². The molecule has 0 spiro atoms. The first-order chi connectivity index (χ1) is 12.9. The van der Waals surface area contributed by atoms with Crippen molar-refractivity contribution in [3.63, 3.8) is 0 Å². The van der Waals surface area contributed by atoms with Gasteiger partial charge in [0.05, 0.1) is 4.88 Å². The second-order valence-electron chi connectivity index (χ2n) is 5.43. The molecule has 142 valence electrons.